The van der Waals surface area contributed by atoms with Crippen molar-refractivity contribution in [2.45, 2.75) is 33.6 Å². The number of rotatable bonds is 4. The van der Waals surface area contributed by atoms with E-state index in [1.54, 1.807) is 6.92 Å². The van der Waals surface area contributed by atoms with Gasteiger partial charge in [-0.25, -0.2) is 0 Å². The van der Waals surface area contributed by atoms with Crippen molar-refractivity contribution < 1.29 is 4.79 Å². The summed E-state index contributed by atoms with van der Waals surface area (Å²) in [7, 11) is 0. The van der Waals surface area contributed by atoms with Gasteiger partial charge in [-0.1, -0.05) is 13.8 Å². The van der Waals surface area contributed by atoms with Crippen molar-refractivity contribution in [2.24, 2.45) is 5.92 Å². The number of nitrogens with one attached hydrogen (secondary N) is 2. The van der Waals surface area contributed by atoms with Crippen LogP contribution in [0.15, 0.2) is 0 Å². The van der Waals surface area contributed by atoms with E-state index in [1.807, 2.05) is 13.8 Å². The van der Waals surface area contributed by atoms with E-state index in [1.165, 1.54) is 0 Å². The molecular formula is C9H16N4O. The predicted octanol–water partition coefficient (Wildman–Crippen LogP) is 1.49. The Morgan fingerprint density at radius 2 is 2.14 bits per heavy atom. The van der Waals surface area contributed by atoms with Crippen LogP contribution in [0.3, 0.4) is 0 Å². The van der Waals surface area contributed by atoms with Crippen molar-refractivity contribution in [2.75, 3.05) is 5.32 Å². The lowest BCUT2D eigenvalue weighted by Crippen LogP contribution is -2.22. The third kappa shape index (κ3) is 2.55. The minimum absolute atomic E-state index is 0.00556. The Balaban J connectivity index is 2.56. The molecule has 1 amide bonds. The lowest BCUT2D eigenvalue weighted by atomic mass is 10.0. The molecule has 5 nitrogen and oxygen atoms in total. The van der Waals surface area contributed by atoms with Gasteiger partial charge in [0, 0.05) is 5.92 Å². The molecule has 0 aromatic carbocycles. The van der Waals surface area contributed by atoms with E-state index in [2.05, 4.69) is 20.5 Å². The van der Waals surface area contributed by atoms with Gasteiger partial charge < -0.3 is 0 Å². The van der Waals surface area contributed by atoms with E-state index in [-0.39, 0.29) is 11.8 Å². The lowest BCUT2D eigenvalue weighted by molar-refractivity contribution is -0.120. The van der Waals surface area contributed by atoms with Gasteiger partial charge in [-0.05, 0) is 19.8 Å². The molecule has 1 aromatic rings. The number of aromatic nitrogens is 3. The number of hydrogen-bond acceptors (Lipinski definition) is 3. The number of amides is 1. The van der Waals surface area contributed by atoms with E-state index >= 15 is 0 Å². The predicted molar refractivity (Wildman–Crippen MR) is 53.8 cm³/mol. The maximum atomic E-state index is 11.6. The van der Waals surface area contributed by atoms with Gasteiger partial charge in [0.25, 0.3) is 0 Å². The summed E-state index contributed by atoms with van der Waals surface area (Å²) in [5.74, 6) is 1.10. The molecule has 2 N–H and O–H groups in total. The highest BCUT2D eigenvalue weighted by molar-refractivity contribution is 5.90. The van der Waals surface area contributed by atoms with E-state index in [4.69, 9.17) is 0 Å². The van der Waals surface area contributed by atoms with Crippen LogP contribution in [-0.4, -0.2) is 21.1 Å². The first kappa shape index (κ1) is 10.7. The van der Waals surface area contributed by atoms with Crippen molar-refractivity contribution in [1.29, 1.82) is 0 Å². The van der Waals surface area contributed by atoms with Gasteiger partial charge in [0.1, 0.15) is 5.82 Å². The Hall–Kier alpha value is -1.39. The summed E-state index contributed by atoms with van der Waals surface area (Å²) < 4.78 is 0. The van der Waals surface area contributed by atoms with Gasteiger partial charge in [0.15, 0.2) is 0 Å². The summed E-state index contributed by atoms with van der Waals surface area (Å²) in [5, 5.41) is 9.18. The molecule has 5 heteroatoms. The number of aryl methyl sites for hydroxylation is 1. The van der Waals surface area contributed by atoms with E-state index in [9.17, 15) is 4.79 Å². The monoisotopic (exact) mass is 196 g/mol. The van der Waals surface area contributed by atoms with Crippen molar-refractivity contribution in [3.05, 3.63) is 5.82 Å². The zero-order valence-electron chi connectivity index (χ0n) is 8.79. The fraction of sp³-hybridized carbons (Fsp3) is 0.667. The van der Waals surface area contributed by atoms with Crippen LogP contribution in [-0.2, 0) is 4.79 Å². The van der Waals surface area contributed by atoms with Crippen LogP contribution in [0.4, 0.5) is 5.95 Å². The van der Waals surface area contributed by atoms with Crippen molar-refractivity contribution in [1.82, 2.24) is 15.2 Å². The number of nitrogens with zero attached hydrogens (tertiary/aromatic N) is 2. The van der Waals surface area contributed by atoms with E-state index in [0.29, 0.717) is 11.8 Å². The standard InChI is InChI=1S/C9H16N4O/c1-4-7(5-2)8(14)11-9-10-6(3)12-13-9/h7H,4-5H2,1-3H3,(H2,10,11,12,13,14). The topological polar surface area (TPSA) is 70.7 Å². The number of hydrogen-bond donors (Lipinski definition) is 2. The van der Waals surface area contributed by atoms with Gasteiger partial charge in [-0.15, -0.1) is 5.10 Å². The minimum atomic E-state index is -0.00556. The Labute approximate surface area is 83.3 Å². The smallest absolute Gasteiger partial charge is 0.248 e. The molecule has 0 saturated carbocycles. The van der Waals surface area contributed by atoms with Crippen LogP contribution in [0.2, 0.25) is 0 Å². The third-order valence-electron chi connectivity index (χ3n) is 2.19. The molecule has 0 fully saturated rings. The molecule has 0 saturated heterocycles. The molecule has 1 aromatic heterocycles. The highest BCUT2D eigenvalue weighted by Gasteiger charge is 2.15. The molecule has 14 heavy (non-hydrogen) atoms. The molecule has 0 radical (unpaired) electrons. The average Bonchev–Trinajstić information content (AvgIpc) is 2.53. The molecule has 0 aliphatic rings. The minimum Gasteiger partial charge on any atom is -0.293 e. The zero-order chi connectivity index (χ0) is 10.6. The van der Waals surface area contributed by atoms with Crippen LogP contribution < -0.4 is 5.32 Å². The number of anilines is 1. The molecule has 0 aliphatic carbocycles. The van der Waals surface area contributed by atoms with E-state index in [0.717, 1.165) is 12.8 Å². The van der Waals surface area contributed by atoms with Crippen LogP contribution in [0.1, 0.15) is 32.5 Å². The average molecular weight is 196 g/mol. The second-order valence-corrected chi connectivity index (χ2v) is 3.25. The molecule has 0 atom stereocenters. The maximum Gasteiger partial charge on any atom is 0.248 e. The molecule has 78 valence electrons. The first-order chi connectivity index (χ1) is 6.67. The Morgan fingerprint density at radius 1 is 1.50 bits per heavy atom. The molecule has 0 bridgehead atoms. The van der Waals surface area contributed by atoms with Gasteiger partial charge >= 0.3 is 0 Å². The summed E-state index contributed by atoms with van der Waals surface area (Å²) in [6.45, 7) is 5.79. The van der Waals surface area contributed by atoms with Crippen LogP contribution in [0.25, 0.3) is 0 Å². The second kappa shape index (κ2) is 4.74. The summed E-state index contributed by atoms with van der Waals surface area (Å²) in [6, 6.07) is 0. The highest BCUT2D eigenvalue weighted by atomic mass is 16.2. The summed E-state index contributed by atoms with van der Waals surface area (Å²) in [4.78, 5) is 15.6. The summed E-state index contributed by atoms with van der Waals surface area (Å²) in [5.41, 5.74) is 0. The highest BCUT2D eigenvalue weighted by Crippen LogP contribution is 2.09. The number of aromatic amines is 1. The molecule has 0 aliphatic heterocycles. The quantitative estimate of drug-likeness (QED) is 0.766. The van der Waals surface area contributed by atoms with Crippen molar-refractivity contribution >= 4 is 11.9 Å². The molecule has 0 spiro atoms. The van der Waals surface area contributed by atoms with Crippen molar-refractivity contribution in [3.8, 4) is 0 Å². The number of H-pyrrole nitrogens is 1. The fourth-order valence-corrected chi connectivity index (χ4v) is 1.27. The largest absolute Gasteiger partial charge is 0.293 e. The molecular weight excluding hydrogens is 180 g/mol. The number of carbonyl (C=O) groups is 1. The summed E-state index contributed by atoms with van der Waals surface area (Å²) in [6.07, 6.45) is 1.68. The van der Waals surface area contributed by atoms with Gasteiger partial charge in [0.2, 0.25) is 11.9 Å². The Kier molecular flexibility index (Phi) is 3.62. The molecule has 0 unspecified atom stereocenters. The van der Waals surface area contributed by atoms with E-state index < -0.39 is 0 Å². The molecule has 1 rings (SSSR count). The first-order valence-corrected chi connectivity index (χ1v) is 4.87. The lowest BCUT2D eigenvalue weighted by Gasteiger charge is -2.09. The Bertz CT molecular complexity index is 304. The first-order valence-electron chi connectivity index (χ1n) is 4.87. The normalized spacial score (nSPS) is 10.6. The third-order valence-corrected chi connectivity index (χ3v) is 2.19. The van der Waals surface area contributed by atoms with Gasteiger partial charge in [-0.3, -0.25) is 15.2 Å². The van der Waals surface area contributed by atoms with Crippen LogP contribution in [0.5, 0.6) is 0 Å². The van der Waals surface area contributed by atoms with Crippen LogP contribution in [0, 0.1) is 12.8 Å². The maximum absolute atomic E-state index is 11.6. The number of carbonyl (C=O) groups excluding carboxylic acids is 1. The summed E-state index contributed by atoms with van der Waals surface area (Å²) >= 11 is 0. The molecule has 1 heterocycles. The SMILES string of the molecule is CCC(CC)C(=O)Nc1n[nH]c(C)n1. The fourth-order valence-electron chi connectivity index (χ4n) is 1.27. The zero-order valence-corrected chi connectivity index (χ0v) is 8.79. The van der Waals surface area contributed by atoms with Crippen LogP contribution >= 0.6 is 0 Å². The van der Waals surface area contributed by atoms with Gasteiger partial charge in [-0.2, -0.15) is 4.98 Å². The van der Waals surface area contributed by atoms with Gasteiger partial charge in [0.05, 0.1) is 0 Å². The van der Waals surface area contributed by atoms with Crippen molar-refractivity contribution in [3.63, 3.8) is 0 Å². The Morgan fingerprint density at radius 3 is 2.57 bits per heavy atom. The second-order valence-electron chi connectivity index (χ2n) is 3.25.